The Balaban J connectivity index is 1.77. The van der Waals surface area contributed by atoms with Gasteiger partial charge in [-0.25, -0.2) is 4.39 Å². The monoisotopic (exact) mass is 386 g/mol. The molecule has 0 bridgehead atoms. The number of para-hydroxylation sites is 1. The van der Waals surface area contributed by atoms with Gasteiger partial charge in [0.1, 0.15) is 11.6 Å². The zero-order chi connectivity index (χ0) is 20.4. The Morgan fingerprint density at radius 2 is 1.76 bits per heavy atom. The predicted molar refractivity (Wildman–Crippen MR) is 114 cm³/mol. The second-order valence-electron chi connectivity index (χ2n) is 7.51. The molecule has 0 aliphatic heterocycles. The van der Waals surface area contributed by atoms with E-state index < -0.39 is 0 Å². The Morgan fingerprint density at radius 3 is 2.48 bits per heavy atom. The van der Waals surface area contributed by atoms with Crippen LogP contribution in [0.15, 0.2) is 78.9 Å². The van der Waals surface area contributed by atoms with Crippen LogP contribution >= 0.6 is 0 Å². The minimum Gasteiger partial charge on any atom is -0.496 e. The van der Waals surface area contributed by atoms with Crippen molar-refractivity contribution in [3.63, 3.8) is 0 Å². The summed E-state index contributed by atoms with van der Waals surface area (Å²) < 4.78 is 19.0. The predicted octanol–water partition coefficient (Wildman–Crippen LogP) is 6.21. The highest BCUT2D eigenvalue weighted by Crippen LogP contribution is 2.46. The SMILES string of the molecule is COc1ccccc1C1CC(c2ccc(F)cc2)=CC1C(=O)c1cccc(C)c1. The van der Waals surface area contributed by atoms with Gasteiger partial charge in [0.25, 0.3) is 0 Å². The van der Waals surface area contributed by atoms with Gasteiger partial charge < -0.3 is 4.74 Å². The maximum absolute atomic E-state index is 13.5. The van der Waals surface area contributed by atoms with Crippen LogP contribution in [0.4, 0.5) is 4.39 Å². The number of halogens is 1. The molecule has 2 atom stereocenters. The van der Waals surface area contributed by atoms with Crippen LogP contribution < -0.4 is 4.74 Å². The Morgan fingerprint density at radius 1 is 1.00 bits per heavy atom. The molecule has 3 heteroatoms. The number of hydrogen-bond donors (Lipinski definition) is 0. The second-order valence-corrected chi connectivity index (χ2v) is 7.51. The molecule has 1 aliphatic carbocycles. The lowest BCUT2D eigenvalue weighted by atomic mass is 9.82. The van der Waals surface area contributed by atoms with E-state index in [-0.39, 0.29) is 23.4 Å². The lowest BCUT2D eigenvalue weighted by Gasteiger charge is -2.21. The van der Waals surface area contributed by atoms with Gasteiger partial charge in [-0.3, -0.25) is 4.79 Å². The van der Waals surface area contributed by atoms with Crippen molar-refractivity contribution in [1.82, 2.24) is 0 Å². The summed E-state index contributed by atoms with van der Waals surface area (Å²) in [7, 11) is 1.65. The third-order valence-corrected chi connectivity index (χ3v) is 5.61. The quantitative estimate of drug-likeness (QED) is 0.487. The summed E-state index contributed by atoms with van der Waals surface area (Å²) in [5.74, 6) is 0.295. The Kier molecular flexibility index (Phi) is 5.30. The van der Waals surface area contributed by atoms with E-state index in [4.69, 9.17) is 4.74 Å². The number of benzene rings is 3. The summed E-state index contributed by atoms with van der Waals surface area (Å²) >= 11 is 0. The number of hydrogen-bond acceptors (Lipinski definition) is 2. The fourth-order valence-electron chi connectivity index (χ4n) is 4.17. The number of carbonyl (C=O) groups excluding carboxylic acids is 1. The molecule has 3 aromatic rings. The average molecular weight is 386 g/mol. The number of allylic oxidation sites excluding steroid dienone is 2. The fraction of sp³-hybridized carbons (Fsp3) is 0.192. The molecule has 0 spiro atoms. The number of rotatable bonds is 5. The number of Topliss-reactive ketones (excluding diaryl/α,β-unsaturated/α-hetero) is 1. The van der Waals surface area contributed by atoms with Crippen LogP contribution in [-0.2, 0) is 0 Å². The van der Waals surface area contributed by atoms with Crippen molar-refractivity contribution in [2.24, 2.45) is 5.92 Å². The molecule has 0 fully saturated rings. The van der Waals surface area contributed by atoms with Gasteiger partial charge >= 0.3 is 0 Å². The van der Waals surface area contributed by atoms with Crippen molar-refractivity contribution in [1.29, 1.82) is 0 Å². The van der Waals surface area contributed by atoms with Crippen LogP contribution in [0.25, 0.3) is 5.57 Å². The molecule has 29 heavy (non-hydrogen) atoms. The summed E-state index contributed by atoms with van der Waals surface area (Å²) in [6, 6.07) is 22.1. The molecular formula is C26H23FO2. The molecule has 3 aromatic carbocycles. The van der Waals surface area contributed by atoms with Gasteiger partial charge in [0.2, 0.25) is 0 Å². The van der Waals surface area contributed by atoms with Crippen LogP contribution in [-0.4, -0.2) is 12.9 Å². The van der Waals surface area contributed by atoms with Crippen molar-refractivity contribution >= 4 is 11.4 Å². The molecule has 4 rings (SSSR count). The van der Waals surface area contributed by atoms with E-state index in [2.05, 4.69) is 6.08 Å². The molecule has 0 heterocycles. The lowest BCUT2D eigenvalue weighted by Crippen LogP contribution is -2.18. The first-order chi connectivity index (χ1) is 14.1. The molecule has 0 saturated carbocycles. The molecular weight excluding hydrogens is 363 g/mol. The summed E-state index contributed by atoms with van der Waals surface area (Å²) in [6.45, 7) is 1.99. The fourth-order valence-corrected chi connectivity index (χ4v) is 4.17. The lowest BCUT2D eigenvalue weighted by molar-refractivity contribution is 0.0934. The van der Waals surface area contributed by atoms with Gasteiger partial charge in [-0.2, -0.15) is 0 Å². The normalized spacial score (nSPS) is 18.4. The summed E-state index contributed by atoms with van der Waals surface area (Å²) in [5.41, 5.74) is 4.81. The minimum atomic E-state index is -0.298. The van der Waals surface area contributed by atoms with Gasteiger partial charge in [-0.15, -0.1) is 0 Å². The number of carbonyl (C=O) groups is 1. The molecule has 2 unspecified atom stereocenters. The topological polar surface area (TPSA) is 26.3 Å². The zero-order valence-corrected chi connectivity index (χ0v) is 16.6. The van der Waals surface area contributed by atoms with Gasteiger partial charge in [-0.1, -0.05) is 60.2 Å². The number of ether oxygens (including phenoxy) is 1. The maximum Gasteiger partial charge on any atom is 0.170 e. The first-order valence-electron chi connectivity index (χ1n) is 9.77. The van der Waals surface area contributed by atoms with E-state index in [1.54, 1.807) is 19.2 Å². The summed E-state index contributed by atoms with van der Waals surface area (Å²) in [4.78, 5) is 13.5. The molecule has 0 saturated heterocycles. The van der Waals surface area contributed by atoms with Crippen molar-refractivity contribution in [2.45, 2.75) is 19.3 Å². The smallest absolute Gasteiger partial charge is 0.170 e. The van der Waals surface area contributed by atoms with E-state index >= 15 is 0 Å². The van der Waals surface area contributed by atoms with E-state index in [9.17, 15) is 9.18 Å². The highest BCUT2D eigenvalue weighted by Gasteiger charge is 2.36. The first-order valence-corrected chi connectivity index (χ1v) is 9.77. The van der Waals surface area contributed by atoms with E-state index in [1.807, 2.05) is 55.5 Å². The van der Waals surface area contributed by atoms with E-state index in [0.717, 1.165) is 28.0 Å². The van der Waals surface area contributed by atoms with Gasteiger partial charge in [0, 0.05) is 17.4 Å². The van der Waals surface area contributed by atoms with Crippen molar-refractivity contribution in [3.05, 3.63) is 107 Å². The molecule has 0 radical (unpaired) electrons. The molecule has 2 nitrogen and oxygen atoms in total. The van der Waals surface area contributed by atoms with Gasteiger partial charge in [-0.05, 0) is 54.3 Å². The van der Waals surface area contributed by atoms with Crippen molar-refractivity contribution < 1.29 is 13.9 Å². The summed E-state index contributed by atoms with van der Waals surface area (Å²) in [5, 5.41) is 0. The Bertz CT molecular complexity index is 1070. The van der Waals surface area contributed by atoms with Crippen LogP contribution in [0.1, 0.15) is 39.4 Å². The number of aryl methyl sites for hydroxylation is 1. The molecule has 0 amide bonds. The largest absolute Gasteiger partial charge is 0.496 e. The van der Waals surface area contributed by atoms with Crippen LogP contribution in [0, 0.1) is 18.7 Å². The number of ketones is 1. The molecule has 1 aliphatic rings. The molecule has 0 aromatic heterocycles. The highest BCUT2D eigenvalue weighted by atomic mass is 19.1. The van der Waals surface area contributed by atoms with Gasteiger partial charge in [0.05, 0.1) is 7.11 Å². The third-order valence-electron chi connectivity index (χ3n) is 5.61. The summed E-state index contributed by atoms with van der Waals surface area (Å²) in [6.07, 6.45) is 2.75. The molecule has 0 N–H and O–H groups in total. The second kappa shape index (κ2) is 8.04. The zero-order valence-electron chi connectivity index (χ0n) is 16.6. The van der Waals surface area contributed by atoms with Crippen LogP contribution in [0.5, 0.6) is 5.75 Å². The minimum absolute atomic E-state index is 0.0285. The Hall–Kier alpha value is -3.20. The van der Waals surface area contributed by atoms with Crippen LogP contribution in [0.2, 0.25) is 0 Å². The number of methoxy groups -OCH3 is 1. The molecule has 146 valence electrons. The standard InChI is InChI=1S/C26H23FO2/c1-17-6-5-7-19(14-17)26(28)24-16-20(18-10-12-21(27)13-11-18)15-23(24)22-8-3-4-9-25(22)29-2/h3-14,16,23-24H,15H2,1-2H3. The van der Waals surface area contributed by atoms with Crippen molar-refractivity contribution in [3.8, 4) is 5.75 Å². The average Bonchev–Trinajstić information content (AvgIpc) is 3.19. The van der Waals surface area contributed by atoms with Gasteiger partial charge in [0.15, 0.2) is 5.78 Å². The highest BCUT2D eigenvalue weighted by molar-refractivity contribution is 6.01. The van der Waals surface area contributed by atoms with E-state index in [1.165, 1.54) is 12.1 Å². The third kappa shape index (κ3) is 3.86. The van der Waals surface area contributed by atoms with Crippen LogP contribution in [0.3, 0.4) is 0 Å². The Labute approximate surface area is 170 Å². The maximum atomic E-state index is 13.5. The van der Waals surface area contributed by atoms with E-state index in [0.29, 0.717) is 12.0 Å². The first kappa shape index (κ1) is 19.1. The van der Waals surface area contributed by atoms with Crippen molar-refractivity contribution in [2.75, 3.05) is 7.11 Å².